The number of nitrogens with one attached hydrogen (secondary N) is 1. The Kier molecular flexibility index (Phi) is 7.25. The molecule has 1 aromatic rings. The van der Waals surface area contributed by atoms with E-state index in [1.165, 1.54) is 16.1 Å². The van der Waals surface area contributed by atoms with Crippen LogP contribution in [0.4, 0.5) is 0 Å². The number of rotatable bonds is 8. The van der Waals surface area contributed by atoms with E-state index in [4.69, 9.17) is 4.74 Å². The Morgan fingerprint density at radius 2 is 1.84 bits per heavy atom. The number of piperidine rings is 1. The number of sulfonamides is 1. The van der Waals surface area contributed by atoms with Gasteiger partial charge in [0, 0.05) is 25.6 Å². The monoisotopic (exact) mass is 368 g/mol. The van der Waals surface area contributed by atoms with Crippen molar-refractivity contribution in [1.82, 2.24) is 9.62 Å². The maximum atomic E-state index is 12.2. The summed E-state index contributed by atoms with van der Waals surface area (Å²) in [5.74, 6) is 0.843. The molecule has 0 aliphatic carbocycles. The van der Waals surface area contributed by atoms with Crippen LogP contribution in [0.3, 0.4) is 0 Å². The van der Waals surface area contributed by atoms with Crippen molar-refractivity contribution >= 4 is 15.9 Å². The molecule has 1 aromatic carbocycles. The van der Waals surface area contributed by atoms with E-state index in [0.29, 0.717) is 32.5 Å². The zero-order chi connectivity index (χ0) is 18.3. The van der Waals surface area contributed by atoms with Gasteiger partial charge in [-0.1, -0.05) is 12.1 Å². The van der Waals surface area contributed by atoms with Crippen molar-refractivity contribution in [2.75, 3.05) is 33.0 Å². The Bertz CT molecular complexity index is 650. The van der Waals surface area contributed by atoms with E-state index in [2.05, 4.69) is 17.4 Å². The molecule has 0 bridgehead atoms. The highest BCUT2D eigenvalue weighted by molar-refractivity contribution is 7.88. The Hall–Kier alpha value is -1.60. The van der Waals surface area contributed by atoms with E-state index < -0.39 is 10.0 Å². The van der Waals surface area contributed by atoms with Crippen LogP contribution in [0.5, 0.6) is 5.75 Å². The Balaban J connectivity index is 1.61. The molecule has 1 aliphatic heterocycles. The van der Waals surface area contributed by atoms with Crippen LogP contribution >= 0.6 is 0 Å². The number of unbranched alkanes of at least 4 members (excludes halogenated alkanes) is 1. The molecule has 1 heterocycles. The summed E-state index contributed by atoms with van der Waals surface area (Å²) in [6.45, 7) is 1.55. The van der Waals surface area contributed by atoms with E-state index in [1.807, 2.05) is 12.1 Å². The van der Waals surface area contributed by atoms with E-state index in [0.717, 1.165) is 25.0 Å². The molecule has 6 nitrogen and oxygen atoms in total. The largest absolute Gasteiger partial charge is 0.497 e. The first-order valence-electron chi connectivity index (χ1n) is 8.76. The summed E-state index contributed by atoms with van der Waals surface area (Å²) in [5.41, 5.74) is 1.26. The highest BCUT2D eigenvalue weighted by Crippen LogP contribution is 2.19. The van der Waals surface area contributed by atoms with Gasteiger partial charge in [0.2, 0.25) is 15.9 Å². The van der Waals surface area contributed by atoms with Gasteiger partial charge in [-0.15, -0.1) is 0 Å². The second kappa shape index (κ2) is 9.20. The van der Waals surface area contributed by atoms with Gasteiger partial charge in [0.05, 0.1) is 13.4 Å². The molecule has 0 radical (unpaired) electrons. The molecular weight excluding hydrogens is 340 g/mol. The minimum Gasteiger partial charge on any atom is -0.497 e. The van der Waals surface area contributed by atoms with Crippen molar-refractivity contribution in [3.8, 4) is 5.75 Å². The summed E-state index contributed by atoms with van der Waals surface area (Å²) in [4.78, 5) is 12.2. The lowest BCUT2D eigenvalue weighted by Gasteiger charge is -2.29. The fraction of sp³-hybridized carbons (Fsp3) is 0.611. The number of carbonyl (C=O) groups excluding carboxylic acids is 1. The lowest BCUT2D eigenvalue weighted by Crippen LogP contribution is -2.42. The molecule has 1 N–H and O–H groups in total. The molecule has 0 aromatic heterocycles. The van der Waals surface area contributed by atoms with Gasteiger partial charge in [-0.2, -0.15) is 0 Å². The average molecular weight is 368 g/mol. The van der Waals surface area contributed by atoms with Crippen molar-refractivity contribution < 1.29 is 17.9 Å². The normalized spacial score (nSPS) is 16.6. The molecule has 7 heteroatoms. The molecule has 2 rings (SSSR count). The third kappa shape index (κ3) is 6.32. The predicted octanol–water partition coefficient (Wildman–Crippen LogP) is 1.81. The molecule has 0 unspecified atom stereocenters. The zero-order valence-corrected chi connectivity index (χ0v) is 15.8. The first kappa shape index (κ1) is 19.7. The van der Waals surface area contributed by atoms with Gasteiger partial charge in [0.25, 0.3) is 0 Å². The number of carbonyl (C=O) groups is 1. The minimum atomic E-state index is -3.14. The van der Waals surface area contributed by atoms with Crippen molar-refractivity contribution in [2.24, 2.45) is 5.92 Å². The van der Waals surface area contributed by atoms with Gasteiger partial charge in [0.15, 0.2) is 0 Å². The Morgan fingerprint density at radius 1 is 1.20 bits per heavy atom. The van der Waals surface area contributed by atoms with Crippen LogP contribution < -0.4 is 10.1 Å². The number of ether oxygens (including phenoxy) is 1. The Labute approximate surface area is 150 Å². The van der Waals surface area contributed by atoms with Crippen LogP contribution in [0.25, 0.3) is 0 Å². The number of benzene rings is 1. The third-order valence-corrected chi connectivity index (χ3v) is 5.95. The van der Waals surface area contributed by atoms with Gasteiger partial charge in [-0.25, -0.2) is 12.7 Å². The highest BCUT2D eigenvalue weighted by Gasteiger charge is 2.28. The van der Waals surface area contributed by atoms with Crippen LogP contribution in [0.15, 0.2) is 24.3 Å². The lowest BCUT2D eigenvalue weighted by molar-refractivity contribution is -0.126. The highest BCUT2D eigenvalue weighted by atomic mass is 32.2. The molecule has 0 saturated carbocycles. The number of amides is 1. The van der Waals surface area contributed by atoms with Crippen molar-refractivity contribution in [1.29, 1.82) is 0 Å². The maximum absolute atomic E-state index is 12.2. The van der Waals surface area contributed by atoms with Crippen molar-refractivity contribution in [3.63, 3.8) is 0 Å². The molecule has 1 amide bonds. The van der Waals surface area contributed by atoms with E-state index in [1.54, 1.807) is 7.11 Å². The summed E-state index contributed by atoms with van der Waals surface area (Å²) in [5, 5.41) is 2.98. The summed E-state index contributed by atoms with van der Waals surface area (Å²) in [6.07, 6.45) is 5.34. The molecule has 0 atom stereocenters. The van der Waals surface area contributed by atoms with E-state index >= 15 is 0 Å². The molecule has 1 fully saturated rings. The molecule has 1 aliphatic rings. The van der Waals surface area contributed by atoms with Crippen LogP contribution in [0, 0.1) is 5.92 Å². The predicted molar refractivity (Wildman–Crippen MR) is 98.1 cm³/mol. The summed E-state index contributed by atoms with van der Waals surface area (Å²) < 4.78 is 29.5. The average Bonchev–Trinajstić information content (AvgIpc) is 2.61. The van der Waals surface area contributed by atoms with Gasteiger partial charge in [0.1, 0.15) is 5.75 Å². The lowest BCUT2D eigenvalue weighted by atomic mass is 9.97. The second-order valence-electron chi connectivity index (χ2n) is 6.53. The summed E-state index contributed by atoms with van der Waals surface area (Å²) in [7, 11) is -1.48. The smallest absolute Gasteiger partial charge is 0.223 e. The van der Waals surface area contributed by atoms with Crippen molar-refractivity contribution in [2.45, 2.75) is 32.1 Å². The van der Waals surface area contributed by atoms with Crippen LogP contribution in [-0.4, -0.2) is 51.6 Å². The fourth-order valence-electron chi connectivity index (χ4n) is 3.05. The molecule has 1 saturated heterocycles. The van der Waals surface area contributed by atoms with Gasteiger partial charge in [-0.05, 0) is 49.8 Å². The zero-order valence-electron chi connectivity index (χ0n) is 15.0. The van der Waals surface area contributed by atoms with Crippen LogP contribution in [0.1, 0.15) is 31.2 Å². The first-order chi connectivity index (χ1) is 11.9. The van der Waals surface area contributed by atoms with Gasteiger partial charge < -0.3 is 10.1 Å². The molecule has 25 heavy (non-hydrogen) atoms. The second-order valence-corrected chi connectivity index (χ2v) is 8.51. The Morgan fingerprint density at radius 3 is 2.40 bits per heavy atom. The first-order valence-corrected chi connectivity index (χ1v) is 10.6. The third-order valence-electron chi connectivity index (χ3n) is 4.64. The number of nitrogens with zero attached hydrogens (tertiary/aromatic N) is 1. The standard InChI is InChI=1S/C18H28N2O4S/c1-24-17-8-6-15(7-9-17)5-3-4-12-19-18(21)16-10-13-20(14-11-16)25(2,22)23/h6-9,16H,3-5,10-14H2,1-2H3,(H,19,21). The van der Waals surface area contributed by atoms with Crippen LogP contribution in [0.2, 0.25) is 0 Å². The summed E-state index contributed by atoms with van der Waals surface area (Å²) >= 11 is 0. The quantitative estimate of drug-likeness (QED) is 0.710. The van der Waals surface area contributed by atoms with E-state index in [-0.39, 0.29) is 11.8 Å². The topological polar surface area (TPSA) is 75.7 Å². The molecule has 0 spiro atoms. The van der Waals surface area contributed by atoms with E-state index in [9.17, 15) is 13.2 Å². The fourth-order valence-corrected chi connectivity index (χ4v) is 3.93. The molecule has 140 valence electrons. The number of hydrogen-bond acceptors (Lipinski definition) is 4. The minimum absolute atomic E-state index is 0.0533. The summed E-state index contributed by atoms with van der Waals surface area (Å²) in [6, 6.07) is 8.04. The number of methoxy groups -OCH3 is 1. The number of hydrogen-bond donors (Lipinski definition) is 1. The number of aryl methyl sites for hydroxylation is 1. The van der Waals surface area contributed by atoms with Gasteiger partial charge >= 0.3 is 0 Å². The van der Waals surface area contributed by atoms with Crippen LogP contribution in [-0.2, 0) is 21.2 Å². The SMILES string of the molecule is COc1ccc(CCCCNC(=O)C2CCN(S(C)(=O)=O)CC2)cc1. The molecular formula is C18H28N2O4S. The van der Waals surface area contributed by atoms with Gasteiger partial charge in [-0.3, -0.25) is 4.79 Å². The maximum Gasteiger partial charge on any atom is 0.223 e. The van der Waals surface area contributed by atoms with Crippen molar-refractivity contribution in [3.05, 3.63) is 29.8 Å².